The van der Waals surface area contributed by atoms with Crippen molar-refractivity contribution in [3.8, 4) is 0 Å². The highest BCUT2D eigenvalue weighted by atomic mass is 19.3. The van der Waals surface area contributed by atoms with Crippen molar-refractivity contribution in [2.24, 2.45) is 0 Å². The molecular formula is C12H11F2N5O. The lowest BCUT2D eigenvalue weighted by atomic mass is 10.2. The molecular weight excluding hydrogens is 268 g/mol. The average molecular weight is 279 g/mol. The zero-order chi connectivity index (χ0) is 13.9. The van der Waals surface area contributed by atoms with Crippen LogP contribution in [-0.4, -0.2) is 26.5 Å². The Morgan fingerprint density at radius 3 is 2.90 bits per heavy atom. The standard InChI is InChI=1S/C12H11F2N5O/c13-11(14)7-19-4-3-12(16-19)15-6-8-1-2-9-10(5-8)18-20-17-9/h1-5,11H,6-7H2,(H,15,16). The number of halogens is 2. The maximum absolute atomic E-state index is 12.2. The number of alkyl halides is 2. The van der Waals surface area contributed by atoms with Crippen LogP contribution in [0.25, 0.3) is 11.0 Å². The first kappa shape index (κ1) is 12.5. The van der Waals surface area contributed by atoms with E-state index >= 15 is 0 Å². The number of anilines is 1. The minimum atomic E-state index is -2.41. The van der Waals surface area contributed by atoms with Crippen molar-refractivity contribution < 1.29 is 13.4 Å². The van der Waals surface area contributed by atoms with Gasteiger partial charge >= 0.3 is 0 Å². The molecule has 8 heteroatoms. The summed E-state index contributed by atoms with van der Waals surface area (Å²) in [5.41, 5.74) is 2.33. The van der Waals surface area contributed by atoms with Crippen LogP contribution in [0.2, 0.25) is 0 Å². The van der Waals surface area contributed by atoms with Crippen LogP contribution in [0, 0.1) is 0 Å². The molecule has 0 saturated heterocycles. The molecule has 3 rings (SSSR count). The zero-order valence-corrected chi connectivity index (χ0v) is 10.3. The van der Waals surface area contributed by atoms with Crippen LogP contribution < -0.4 is 5.32 Å². The van der Waals surface area contributed by atoms with Crippen LogP contribution in [0.4, 0.5) is 14.6 Å². The van der Waals surface area contributed by atoms with E-state index in [9.17, 15) is 8.78 Å². The number of rotatable bonds is 5. The predicted octanol–water partition coefficient (Wildman–Crippen LogP) is 2.30. The van der Waals surface area contributed by atoms with Gasteiger partial charge in [-0.2, -0.15) is 5.10 Å². The Bertz CT molecular complexity index is 709. The molecule has 0 aliphatic carbocycles. The molecule has 0 saturated carbocycles. The van der Waals surface area contributed by atoms with Crippen molar-refractivity contribution in [2.75, 3.05) is 5.32 Å². The molecule has 0 aliphatic heterocycles. The fourth-order valence-electron chi connectivity index (χ4n) is 1.83. The van der Waals surface area contributed by atoms with E-state index in [1.807, 2.05) is 12.1 Å². The van der Waals surface area contributed by atoms with Gasteiger partial charge in [0.2, 0.25) is 0 Å². The molecule has 0 atom stereocenters. The Balaban J connectivity index is 1.64. The van der Waals surface area contributed by atoms with Gasteiger partial charge in [-0.05, 0) is 28.0 Å². The third kappa shape index (κ3) is 2.73. The van der Waals surface area contributed by atoms with Crippen molar-refractivity contribution in [1.82, 2.24) is 20.1 Å². The predicted molar refractivity (Wildman–Crippen MR) is 67.4 cm³/mol. The molecule has 2 heterocycles. The smallest absolute Gasteiger partial charge is 0.257 e. The number of hydrogen-bond acceptors (Lipinski definition) is 5. The van der Waals surface area contributed by atoms with Crippen molar-refractivity contribution in [3.63, 3.8) is 0 Å². The molecule has 1 aromatic carbocycles. The van der Waals surface area contributed by atoms with Crippen molar-refractivity contribution in [2.45, 2.75) is 19.5 Å². The van der Waals surface area contributed by atoms with Gasteiger partial charge in [0, 0.05) is 18.8 Å². The highest BCUT2D eigenvalue weighted by Gasteiger charge is 2.06. The highest BCUT2D eigenvalue weighted by molar-refractivity contribution is 5.73. The van der Waals surface area contributed by atoms with Gasteiger partial charge in [0.05, 0.1) is 0 Å². The Kier molecular flexibility index (Phi) is 3.28. The lowest BCUT2D eigenvalue weighted by molar-refractivity contribution is 0.122. The van der Waals surface area contributed by atoms with E-state index in [1.165, 1.54) is 10.9 Å². The summed E-state index contributed by atoms with van der Waals surface area (Å²) in [6, 6.07) is 7.18. The maximum atomic E-state index is 12.2. The third-order valence-electron chi connectivity index (χ3n) is 2.76. The minimum Gasteiger partial charge on any atom is -0.365 e. The van der Waals surface area contributed by atoms with Gasteiger partial charge in [-0.3, -0.25) is 4.68 Å². The van der Waals surface area contributed by atoms with E-state index in [-0.39, 0.29) is 0 Å². The van der Waals surface area contributed by atoms with Crippen LogP contribution in [0.5, 0.6) is 0 Å². The number of nitrogens with zero attached hydrogens (tertiary/aromatic N) is 4. The molecule has 20 heavy (non-hydrogen) atoms. The maximum Gasteiger partial charge on any atom is 0.257 e. The monoisotopic (exact) mass is 279 g/mol. The van der Waals surface area contributed by atoms with E-state index in [2.05, 4.69) is 25.4 Å². The second kappa shape index (κ2) is 5.24. The van der Waals surface area contributed by atoms with Gasteiger partial charge in [0.25, 0.3) is 6.43 Å². The molecule has 104 valence electrons. The van der Waals surface area contributed by atoms with Gasteiger partial charge in [0.15, 0.2) is 0 Å². The van der Waals surface area contributed by atoms with Crippen LogP contribution in [0.1, 0.15) is 5.56 Å². The summed E-state index contributed by atoms with van der Waals surface area (Å²) in [4.78, 5) is 0. The van der Waals surface area contributed by atoms with Crippen LogP contribution in [-0.2, 0) is 13.1 Å². The summed E-state index contributed by atoms with van der Waals surface area (Å²) in [6.45, 7) is 0.104. The molecule has 0 unspecified atom stereocenters. The van der Waals surface area contributed by atoms with Crippen LogP contribution in [0.15, 0.2) is 35.1 Å². The number of benzene rings is 1. The van der Waals surface area contributed by atoms with Gasteiger partial charge in [-0.15, -0.1) is 0 Å². The molecule has 0 spiro atoms. The average Bonchev–Trinajstić information content (AvgIpc) is 3.03. The molecule has 1 N–H and O–H groups in total. The first-order chi connectivity index (χ1) is 9.70. The summed E-state index contributed by atoms with van der Waals surface area (Å²) in [5, 5.41) is 14.5. The van der Waals surface area contributed by atoms with E-state index in [0.29, 0.717) is 23.4 Å². The van der Waals surface area contributed by atoms with E-state index in [4.69, 9.17) is 0 Å². The van der Waals surface area contributed by atoms with E-state index < -0.39 is 13.0 Å². The largest absolute Gasteiger partial charge is 0.365 e. The Hall–Kier alpha value is -2.51. The zero-order valence-electron chi connectivity index (χ0n) is 10.3. The Labute approximate surface area is 112 Å². The molecule has 0 fully saturated rings. The topological polar surface area (TPSA) is 68.8 Å². The normalized spacial score (nSPS) is 11.3. The molecule has 0 amide bonds. The second-order valence-corrected chi connectivity index (χ2v) is 4.25. The number of aromatic nitrogens is 4. The van der Waals surface area contributed by atoms with Gasteiger partial charge in [0.1, 0.15) is 23.4 Å². The first-order valence-corrected chi connectivity index (χ1v) is 5.97. The lowest BCUT2D eigenvalue weighted by Gasteiger charge is -2.03. The summed E-state index contributed by atoms with van der Waals surface area (Å²) in [6.07, 6.45) is -0.899. The van der Waals surface area contributed by atoms with E-state index in [0.717, 1.165) is 5.56 Å². The van der Waals surface area contributed by atoms with Crippen molar-refractivity contribution >= 4 is 16.9 Å². The molecule has 3 aromatic rings. The minimum absolute atomic E-state index is 0.405. The summed E-state index contributed by atoms with van der Waals surface area (Å²) in [5.74, 6) is 0.545. The fourth-order valence-corrected chi connectivity index (χ4v) is 1.83. The molecule has 6 nitrogen and oxygen atoms in total. The second-order valence-electron chi connectivity index (χ2n) is 4.25. The van der Waals surface area contributed by atoms with Crippen LogP contribution in [0.3, 0.4) is 0 Å². The SMILES string of the molecule is FC(F)Cn1ccc(NCc2ccc3nonc3c2)n1. The molecule has 0 aliphatic rings. The van der Waals surface area contributed by atoms with Crippen molar-refractivity contribution in [1.29, 1.82) is 0 Å². The number of hydrogen-bond donors (Lipinski definition) is 1. The lowest BCUT2D eigenvalue weighted by Crippen LogP contribution is -2.08. The van der Waals surface area contributed by atoms with Gasteiger partial charge < -0.3 is 5.32 Å². The summed E-state index contributed by atoms with van der Waals surface area (Å²) >= 11 is 0. The highest BCUT2D eigenvalue weighted by Crippen LogP contribution is 2.13. The number of nitrogens with one attached hydrogen (secondary N) is 1. The molecule has 0 bridgehead atoms. The molecule has 2 aromatic heterocycles. The quantitative estimate of drug-likeness (QED) is 0.776. The fraction of sp³-hybridized carbons (Fsp3) is 0.250. The van der Waals surface area contributed by atoms with Crippen LogP contribution >= 0.6 is 0 Å². The Morgan fingerprint density at radius 1 is 1.20 bits per heavy atom. The summed E-state index contributed by atoms with van der Waals surface area (Å²) < 4.78 is 30.2. The van der Waals surface area contributed by atoms with Gasteiger partial charge in [-0.25, -0.2) is 13.4 Å². The number of fused-ring (bicyclic) bond motifs is 1. The van der Waals surface area contributed by atoms with E-state index in [1.54, 1.807) is 12.1 Å². The third-order valence-corrected chi connectivity index (χ3v) is 2.76. The Morgan fingerprint density at radius 2 is 2.05 bits per heavy atom. The first-order valence-electron chi connectivity index (χ1n) is 5.97. The summed E-state index contributed by atoms with van der Waals surface area (Å²) in [7, 11) is 0. The van der Waals surface area contributed by atoms with Gasteiger partial charge in [-0.1, -0.05) is 6.07 Å². The molecule has 0 radical (unpaired) electrons. The van der Waals surface area contributed by atoms with Crippen molar-refractivity contribution in [3.05, 3.63) is 36.0 Å².